The van der Waals surface area contributed by atoms with E-state index in [-0.39, 0.29) is 10.5 Å². The Morgan fingerprint density at radius 2 is 1.74 bits per heavy atom. The van der Waals surface area contributed by atoms with E-state index in [1.54, 1.807) is 30.5 Å². The van der Waals surface area contributed by atoms with Crippen LogP contribution in [-0.4, -0.2) is 29.2 Å². The predicted octanol–water partition coefficient (Wildman–Crippen LogP) is 4.87. The number of nitrogens with zero attached hydrogens (tertiary/aromatic N) is 1. The monoisotopic (exact) mass is 478 g/mol. The van der Waals surface area contributed by atoms with Crippen molar-refractivity contribution in [2.24, 2.45) is 0 Å². The van der Waals surface area contributed by atoms with Crippen LogP contribution in [0, 0.1) is 11.6 Å². The predicted molar refractivity (Wildman–Crippen MR) is 123 cm³/mol. The van der Waals surface area contributed by atoms with Crippen molar-refractivity contribution < 1.29 is 22.0 Å². The number of hydrogen-bond donors (Lipinski definition) is 3. The van der Waals surface area contributed by atoms with Gasteiger partial charge in [0.1, 0.15) is 11.5 Å². The standard InChI is InChI=1S/C24H16F2N4O3S/c25-18-9-10-20(22(26)21(18)23(31)17-13-29-24-16(17)3-1-12-28-24)30-34(32,33)15-7-5-14(6-8-15)19-4-2-11-27-19/h1-13,27,30H,(H,28,29). The Morgan fingerprint density at radius 3 is 2.47 bits per heavy atom. The van der Waals surface area contributed by atoms with E-state index in [1.165, 1.54) is 24.5 Å². The number of nitrogens with one attached hydrogen (secondary N) is 3. The first-order valence-electron chi connectivity index (χ1n) is 10.1. The molecule has 0 aliphatic heterocycles. The normalized spacial score (nSPS) is 11.6. The molecule has 0 unspecified atom stereocenters. The highest BCUT2D eigenvalue weighted by molar-refractivity contribution is 7.92. The van der Waals surface area contributed by atoms with E-state index in [4.69, 9.17) is 0 Å². The van der Waals surface area contributed by atoms with Gasteiger partial charge in [-0.25, -0.2) is 22.2 Å². The first-order valence-corrected chi connectivity index (χ1v) is 11.5. The fourth-order valence-electron chi connectivity index (χ4n) is 3.65. The second kappa shape index (κ2) is 8.23. The van der Waals surface area contributed by atoms with E-state index >= 15 is 4.39 Å². The molecule has 3 heterocycles. The van der Waals surface area contributed by atoms with E-state index < -0.39 is 38.7 Å². The van der Waals surface area contributed by atoms with Crippen molar-refractivity contribution in [1.82, 2.24) is 15.0 Å². The van der Waals surface area contributed by atoms with Gasteiger partial charge in [0.15, 0.2) is 5.82 Å². The average Bonchev–Trinajstić information content (AvgIpc) is 3.51. The van der Waals surface area contributed by atoms with Gasteiger partial charge in [-0.2, -0.15) is 0 Å². The summed E-state index contributed by atoms with van der Waals surface area (Å²) in [6, 6.07) is 14.5. The number of pyridine rings is 1. The zero-order valence-electron chi connectivity index (χ0n) is 17.3. The van der Waals surface area contributed by atoms with Crippen LogP contribution in [0.1, 0.15) is 15.9 Å². The number of fused-ring (bicyclic) bond motifs is 1. The molecule has 0 saturated carbocycles. The summed E-state index contributed by atoms with van der Waals surface area (Å²) in [7, 11) is -4.22. The van der Waals surface area contributed by atoms with Gasteiger partial charge in [-0.15, -0.1) is 0 Å². The number of sulfonamides is 1. The quantitative estimate of drug-likeness (QED) is 0.303. The highest BCUT2D eigenvalue weighted by atomic mass is 32.2. The van der Waals surface area contributed by atoms with Crippen LogP contribution in [0.25, 0.3) is 22.3 Å². The number of carbonyl (C=O) groups is 1. The number of ketones is 1. The third-order valence-corrected chi connectivity index (χ3v) is 6.71. The number of benzene rings is 2. The highest BCUT2D eigenvalue weighted by Gasteiger charge is 2.26. The molecule has 0 spiro atoms. The zero-order chi connectivity index (χ0) is 23.9. The lowest BCUT2D eigenvalue weighted by molar-refractivity contribution is 0.103. The second-order valence-corrected chi connectivity index (χ2v) is 9.11. The van der Waals surface area contributed by atoms with Crippen molar-refractivity contribution in [3.8, 4) is 11.3 Å². The Labute approximate surface area is 192 Å². The molecule has 3 N–H and O–H groups in total. The van der Waals surface area contributed by atoms with Crippen LogP contribution in [0.4, 0.5) is 14.5 Å². The molecule has 170 valence electrons. The van der Waals surface area contributed by atoms with Crippen LogP contribution in [-0.2, 0) is 10.0 Å². The van der Waals surface area contributed by atoms with Crippen molar-refractivity contribution >= 4 is 32.5 Å². The molecule has 0 aliphatic rings. The number of aromatic amines is 2. The second-order valence-electron chi connectivity index (χ2n) is 7.43. The number of halogens is 2. The van der Waals surface area contributed by atoms with Gasteiger partial charge in [-0.3, -0.25) is 9.52 Å². The van der Waals surface area contributed by atoms with Crippen molar-refractivity contribution in [3.63, 3.8) is 0 Å². The lowest BCUT2D eigenvalue weighted by atomic mass is 10.0. The molecule has 7 nitrogen and oxygen atoms in total. The van der Waals surface area contributed by atoms with Crippen molar-refractivity contribution in [2.45, 2.75) is 4.90 Å². The molecule has 0 radical (unpaired) electrons. The Morgan fingerprint density at radius 1 is 0.941 bits per heavy atom. The minimum Gasteiger partial charge on any atom is -0.361 e. The molecule has 10 heteroatoms. The number of hydrogen-bond acceptors (Lipinski definition) is 4. The first kappa shape index (κ1) is 21.5. The molecule has 5 aromatic rings. The summed E-state index contributed by atoms with van der Waals surface area (Å²) in [6.45, 7) is 0. The fourth-order valence-corrected chi connectivity index (χ4v) is 4.70. The number of aromatic nitrogens is 3. The van der Waals surface area contributed by atoms with E-state index in [1.807, 2.05) is 12.1 Å². The maximum atomic E-state index is 15.3. The van der Waals surface area contributed by atoms with Crippen molar-refractivity contribution in [2.75, 3.05) is 4.72 Å². The molecule has 0 saturated heterocycles. The van der Waals surface area contributed by atoms with Crippen LogP contribution < -0.4 is 4.72 Å². The summed E-state index contributed by atoms with van der Waals surface area (Å²) in [5, 5.41) is 0.388. The molecule has 34 heavy (non-hydrogen) atoms. The highest BCUT2D eigenvalue weighted by Crippen LogP contribution is 2.28. The van der Waals surface area contributed by atoms with E-state index in [0.29, 0.717) is 11.0 Å². The molecule has 0 fully saturated rings. The Kier molecular flexibility index (Phi) is 5.21. The topological polar surface area (TPSA) is 108 Å². The summed E-state index contributed by atoms with van der Waals surface area (Å²) in [6.07, 6.45) is 4.56. The third-order valence-electron chi connectivity index (χ3n) is 5.33. The van der Waals surface area contributed by atoms with Gasteiger partial charge >= 0.3 is 0 Å². The van der Waals surface area contributed by atoms with E-state index in [2.05, 4.69) is 19.7 Å². The summed E-state index contributed by atoms with van der Waals surface area (Å²) in [4.78, 5) is 22.7. The average molecular weight is 478 g/mol. The molecule has 3 aromatic heterocycles. The summed E-state index contributed by atoms with van der Waals surface area (Å²) < 4.78 is 57.6. The van der Waals surface area contributed by atoms with E-state index in [0.717, 1.165) is 23.4 Å². The summed E-state index contributed by atoms with van der Waals surface area (Å²) in [5.74, 6) is -3.36. The third kappa shape index (κ3) is 3.73. The maximum Gasteiger partial charge on any atom is 0.261 e. The summed E-state index contributed by atoms with van der Waals surface area (Å²) in [5.41, 5.74) is 0.547. The van der Waals surface area contributed by atoms with Gasteiger partial charge in [-0.05, 0) is 54.1 Å². The van der Waals surface area contributed by atoms with Crippen LogP contribution in [0.3, 0.4) is 0 Å². The SMILES string of the molecule is O=C(c1c(F)ccc(NS(=O)(=O)c2ccc(-c3ccc[nH]3)cc2)c1F)c1c[nH]c2ncccc12. The van der Waals surface area contributed by atoms with E-state index in [9.17, 15) is 17.6 Å². The molecule has 0 aliphatic carbocycles. The number of anilines is 1. The Balaban J connectivity index is 1.48. The van der Waals surface area contributed by atoms with Gasteiger partial charge in [0.2, 0.25) is 5.78 Å². The van der Waals surface area contributed by atoms with Gasteiger partial charge < -0.3 is 9.97 Å². The van der Waals surface area contributed by atoms with Crippen LogP contribution in [0.5, 0.6) is 0 Å². The Bertz CT molecular complexity index is 1630. The lowest BCUT2D eigenvalue weighted by Crippen LogP contribution is -2.16. The molecule has 2 aromatic carbocycles. The Hall–Kier alpha value is -4.31. The maximum absolute atomic E-state index is 15.3. The van der Waals surface area contributed by atoms with Gasteiger partial charge in [0.05, 0.1) is 16.1 Å². The van der Waals surface area contributed by atoms with Crippen LogP contribution in [0.2, 0.25) is 0 Å². The molecule has 0 bridgehead atoms. The molecular formula is C24H16F2N4O3S. The van der Waals surface area contributed by atoms with Crippen molar-refractivity contribution in [1.29, 1.82) is 0 Å². The van der Waals surface area contributed by atoms with Crippen molar-refractivity contribution in [3.05, 3.63) is 102 Å². The summed E-state index contributed by atoms with van der Waals surface area (Å²) >= 11 is 0. The fraction of sp³-hybridized carbons (Fsp3) is 0. The first-order chi connectivity index (χ1) is 16.3. The molecule has 0 amide bonds. The molecule has 5 rings (SSSR count). The zero-order valence-corrected chi connectivity index (χ0v) is 18.2. The van der Waals surface area contributed by atoms with Gasteiger partial charge in [0, 0.05) is 35.2 Å². The number of H-pyrrole nitrogens is 2. The minimum atomic E-state index is -4.22. The lowest BCUT2D eigenvalue weighted by Gasteiger charge is -2.12. The molecule has 0 atom stereocenters. The molecular weight excluding hydrogens is 462 g/mol. The smallest absolute Gasteiger partial charge is 0.261 e. The minimum absolute atomic E-state index is 0.0146. The largest absolute Gasteiger partial charge is 0.361 e. The number of carbonyl (C=O) groups excluding carboxylic acids is 1. The van der Waals surface area contributed by atoms with Crippen LogP contribution in [0.15, 0.2) is 84.1 Å². The van der Waals surface area contributed by atoms with Crippen LogP contribution >= 0.6 is 0 Å². The number of rotatable bonds is 6. The van der Waals surface area contributed by atoms with Gasteiger partial charge in [-0.1, -0.05) is 12.1 Å². The van der Waals surface area contributed by atoms with Gasteiger partial charge in [0.25, 0.3) is 10.0 Å².